The predicted molar refractivity (Wildman–Crippen MR) is 29.7 cm³/mol. The van der Waals surface area contributed by atoms with E-state index in [-0.39, 0.29) is 0 Å². The molecule has 0 aliphatic heterocycles. The Labute approximate surface area is 36.7 Å². The molecular weight excluding hydrogens is 95.1 g/mol. The molecule has 0 saturated carbocycles. The SMILES string of the molecule is C[SiH](C)C#P. The summed E-state index contributed by atoms with van der Waals surface area (Å²) in [6.45, 7) is 4.35. The van der Waals surface area contributed by atoms with E-state index in [1.807, 2.05) is 0 Å². The Morgan fingerprint density at radius 3 is 1.80 bits per heavy atom. The molecule has 0 N–H and O–H groups in total. The van der Waals surface area contributed by atoms with Gasteiger partial charge in [-0.3, -0.25) is 0 Å². The summed E-state index contributed by atoms with van der Waals surface area (Å²) in [6, 6.07) is 0. The van der Waals surface area contributed by atoms with Gasteiger partial charge in [0.2, 0.25) is 0 Å². The van der Waals surface area contributed by atoms with Crippen molar-refractivity contribution in [3.05, 3.63) is 0 Å². The first-order chi connectivity index (χ1) is 2.27. The van der Waals surface area contributed by atoms with Crippen molar-refractivity contribution in [1.82, 2.24) is 0 Å². The Morgan fingerprint density at radius 1 is 1.60 bits per heavy atom. The zero-order valence-electron chi connectivity index (χ0n) is 3.52. The van der Waals surface area contributed by atoms with Crippen molar-refractivity contribution in [3.63, 3.8) is 0 Å². The van der Waals surface area contributed by atoms with Crippen molar-refractivity contribution in [2.75, 3.05) is 0 Å². The van der Waals surface area contributed by atoms with E-state index in [9.17, 15) is 0 Å². The Hall–Kier alpha value is 0.427. The molecule has 0 radical (unpaired) electrons. The van der Waals surface area contributed by atoms with Gasteiger partial charge in [-0.15, -0.1) is 0 Å². The average molecular weight is 102 g/mol. The number of hydrogen-bond donors (Lipinski definition) is 0. The van der Waals surface area contributed by atoms with Crippen LogP contribution in [0, 0.1) is 5.25 Å². The van der Waals surface area contributed by atoms with Crippen molar-refractivity contribution in [1.29, 1.82) is 0 Å². The van der Waals surface area contributed by atoms with Crippen LogP contribution in [0.25, 0.3) is 0 Å². The summed E-state index contributed by atoms with van der Waals surface area (Å²) in [7, 11) is 3.29. The molecule has 0 heterocycles. The molecular formula is C3H7PSi. The Bertz CT molecular complexity index is 52.4. The molecule has 28 valence electrons. The topological polar surface area (TPSA) is 0 Å². The van der Waals surface area contributed by atoms with Crippen LogP contribution in [-0.2, 0) is 0 Å². The molecule has 0 spiro atoms. The summed E-state index contributed by atoms with van der Waals surface area (Å²) in [4.78, 5) is 0. The second kappa shape index (κ2) is 2.65. The van der Waals surface area contributed by atoms with Crippen LogP contribution in [0.1, 0.15) is 0 Å². The molecule has 0 aliphatic rings. The number of rotatable bonds is 0. The van der Waals surface area contributed by atoms with Gasteiger partial charge in [0.05, 0.1) is 0 Å². The van der Waals surface area contributed by atoms with E-state index >= 15 is 0 Å². The van der Waals surface area contributed by atoms with Gasteiger partial charge in [-0.1, -0.05) is 0 Å². The van der Waals surface area contributed by atoms with Crippen LogP contribution in [0.4, 0.5) is 0 Å². The molecule has 0 bridgehead atoms. The molecule has 0 aliphatic carbocycles. The second-order valence-electron chi connectivity index (χ2n) is 1.28. The fraction of sp³-hybridized carbons (Fsp3) is 0.667. The van der Waals surface area contributed by atoms with Crippen molar-refractivity contribution >= 4 is 17.5 Å². The van der Waals surface area contributed by atoms with Crippen molar-refractivity contribution in [2.24, 2.45) is 0 Å². The Kier molecular flexibility index (Phi) is 2.88. The molecule has 0 aromatic carbocycles. The van der Waals surface area contributed by atoms with Crippen LogP contribution in [0.5, 0.6) is 0 Å². The summed E-state index contributed by atoms with van der Waals surface area (Å²) >= 11 is 0. The van der Waals surface area contributed by atoms with E-state index in [2.05, 4.69) is 27.0 Å². The molecule has 0 atom stereocenters. The minimum atomic E-state index is -0.535. The summed E-state index contributed by atoms with van der Waals surface area (Å²) in [5, 5.41) is 2.86. The van der Waals surface area contributed by atoms with Gasteiger partial charge in [-0.2, -0.15) is 0 Å². The van der Waals surface area contributed by atoms with Gasteiger partial charge in [0.15, 0.2) is 0 Å². The molecule has 2 heteroatoms. The third-order valence-corrected chi connectivity index (χ3v) is 2.32. The van der Waals surface area contributed by atoms with E-state index in [1.54, 1.807) is 0 Å². The first-order valence-corrected chi connectivity index (χ1v) is 5.00. The summed E-state index contributed by atoms with van der Waals surface area (Å²) in [5.74, 6) is 0. The first kappa shape index (κ1) is 5.43. The van der Waals surface area contributed by atoms with Gasteiger partial charge in [0.25, 0.3) is 0 Å². The third kappa shape index (κ3) is 4.43. The fourth-order valence-electron chi connectivity index (χ4n) is 0. The summed E-state index contributed by atoms with van der Waals surface area (Å²) in [5.41, 5.74) is 0. The van der Waals surface area contributed by atoms with E-state index in [0.717, 1.165) is 0 Å². The number of hydrogen-bond acceptors (Lipinski definition) is 0. The van der Waals surface area contributed by atoms with Gasteiger partial charge >= 0.3 is 35.8 Å². The van der Waals surface area contributed by atoms with Gasteiger partial charge < -0.3 is 0 Å². The van der Waals surface area contributed by atoms with Crippen LogP contribution in [0.15, 0.2) is 0 Å². The second-order valence-corrected chi connectivity index (χ2v) is 4.63. The normalized spacial score (nSPS) is 7.60. The van der Waals surface area contributed by atoms with E-state index in [0.29, 0.717) is 0 Å². The summed E-state index contributed by atoms with van der Waals surface area (Å²) in [6.07, 6.45) is 0. The molecule has 0 saturated heterocycles. The van der Waals surface area contributed by atoms with Crippen molar-refractivity contribution < 1.29 is 0 Å². The van der Waals surface area contributed by atoms with E-state index in [4.69, 9.17) is 0 Å². The molecule has 0 aromatic rings. The fourth-order valence-corrected chi connectivity index (χ4v) is 0. The van der Waals surface area contributed by atoms with Crippen molar-refractivity contribution in [2.45, 2.75) is 13.1 Å². The van der Waals surface area contributed by atoms with Crippen LogP contribution in [0.3, 0.4) is 0 Å². The summed E-state index contributed by atoms with van der Waals surface area (Å²) < 4.78 is 0. The minimum absolute atomic E-state index is 0.535. The third-order valence-electron chi connectivity index (χ3n) is 0.258. The molecule has 0 rings (SSSR count). The van der Waals surface area contributed by atoms with Crippen LogP contribution in [0.2, 0.25) is 13.1 Å². The van der Waals surface area contributed by atoms with Gasteiger partial charge in [-0.25, -0.2) is 0 Å². The van der Waals surface area contributed by atoms with Crippen LogP contribution in [-0.4, -0.2) is 8.80 Å². The monoisotopic (exact) mass is 102 g/mol. The molecule has 5 heavy (non-hydrogen) atoms. The first-order valence-electron chi connectivity index (χ1n) is 1.67. The molecule has 0 unspecified atom stereocenters. The van der Waals surface area contributed by atoms with Gasteiger partial charge in [-0.05, 0) is 0 Å². The maximum absolute atomic E-state index is 3.83. The van der Waals surface area contributed by atoms with Gasteiger partial charge in [0.1, 0.15) is 0 Å². The molecule has 0 amide bonds. The molecule has 0 fully saturated rings. The Balaban J connectivity index is 2.94. The van der Waals surface area contributed by atoms with E-state index < -0.39 is 8.80 Å². The average Bonchev–Trinajstić information content (AvgIpc) is 1.38. The maximum atomic E-state index is 3.83. The van der Waals surface area contributed by atoms with Crippen LogP contribution < -0.4 is 0 Å². The molecule has 0 nitrogen and oxygen atoms in total. The standard InChI is InChI=1S/C3H7PSi/c1-5(2)3-4/h5H,1-2H3. The van der Waals surface area contributed by atoms with Crippen molar-refractivity contribution in [3.8, 4) is 5.25 Å². The quantitative estimate of drug-likeness (QED) is 0.320. The van der Waals surface area contributed by atoms with Crippen LogP contribution >= 0.6 is 8.70 Å². The zero-order chi connectivity index (χ0) is 4.28. The predicted octanol–water partition coefficient (Wildman–Crippen LogP) is 1.38. The van der Waals surface area contributed by atoms with Gasteiger partial charge in [0, 0.05) is 0 Å². The molecule has 0 aromatic heterocycles. The van der Waals surface area contributed by atoms with E-state index in [1.165, 1.54) is 0 Å². The zero-order valence-corrected chi connectivity index (χ0v) is 5.57. The Morgan fingerprint density at radius 2 is 1.80 bits per heavy atom.